The summed E-state index contributed by atoms with van der Waals surface area (Å²) in [6.45, 7) is 3.76. The Hall–Kier alpha value is -3.09. The standard InChI is InChI=1S/C17H18N2O5/c1-10(2)24-14-7-12(6-13(8-14)23-3)16(20)19-15-5-4-11(9-18-15)17(21)22/h4-10H,1-3H3,(H,21,22)(H,18,19,20). The Labute approximate surface area is 139 Å². The van der Waals surface area contributed by atoms with Gasteiger partial charge in [-0.1, -0.05) is 0 Å². The van der Waals surface area contributed by atoms with E-state index in [-0.39, 0.29) is 17.5 Å². The number of anilines is 1. The van der Waals surface area contributed by atoms with E-state index in [1.54, 1.807) is 18.2 Å². The van der Waals surface area contributed by atoms with Crippen molar-refractivity contribution in [2.75, 3.05) is 12.4 Å². The van der Waals surface area contributed by atoms with E-state index in [1.807, 2.05) is 13.8 Å². The molecule has 2 N–H and O–H groups in total. The van der Waals surface area contributed by atoms with E-state index in [1.165, 1.54) is 25.4 Å². The second-order valence-electron chi connectivity index (χ2n) is 5.26. The van der Waals surface area contributed by atoms with E-state index in [0.29, 0.717) is 17.1 Å². The summed E-state index contributed by atoms with van der Waals surface area (Å²) in [4.78, 5) is 27.1. The van der Waals surface area contributed by atoms with E-state index in [0.717, 1.165) is 0 Å². The molecule has 1 heterocycles. The van der Waals surface area contributed by atoms with Crippen molar-refractivity contribution in [3.05, 3.63) is 47.7 Å². The van der Waals surface area contributed by atoms with Crippen LogP contribution in [0.25, 0.3) is 0 Å². The Bertz CT molecular complexity index is 741. The van der Waals surface area contributed by atoms with E-state index >= 15 is 0 Å². The predicted molar refractivity (Wildman–Crippen MR) is 87.9 cm³/mol. The molecule has 0 aliphatic rings. The van der Waals surface area contributed by atoms with Crippen molar-refractivity contribution in [1.29, 1.82) is 0 Å². The highest BCUT2D eigenvalue weighted by molar-refractivity contribution is 6.04. The van der Waals surface area contributed by atoms with Crippen molar-refractivity contribution in [2.24, 2.45) is 0 Å². The number of carbonyl (C=O) groups excluding carboxylic acids is 1. The zero-order chi connectivity index (χ0) is 17.7. The van der Waals surface area contributed by atoms with Crippen molar-refractivity contribution >= 4 is 17.7 Å². The molecule has 0 unspecified atom stereocenters. The number of hydrogen-bond acceptors (Lipinski definition) is 5. The van der Waals surface area contributed by atoms with Crippen LogP contribution >= 0.6 is 0 Å². The van der Waals surface area contributed by atoms with Gasteiger partial charge in [0.2, 0.25) is 0 Å². The van der Waals surface area contributed by atoms with Crippen molar-refractivity contribution < 1.29 is 24.2 Å². The number of ether oxygens (including phenoxy) is 2. The summed E-state index contributed by atoms with van der Waals surface area (Å²) in [6, 6.07) is 7.66. The Morgan fingerprint density at radius 2 is 1.83 bits per heavy atom. The average molecular weight is 330 g/mol. The molecule has 2 aromatic rings. The minimum Gasteiger partial charge on any atom is -0.497 e. The monoisotopic (exact) mass is 330 g/mol. The second kappa shape index (κ2) is 7.45. The van der Waals surface area contributed by atoms with Crippen molar-refractivity contribution in [1.82, 2.24) is 4.98 Å². The van der Waals surface area contributed by atoms with Gasteiger partial charge in [-0.3, -0.25) is 4.79 Å². The molecule has 0 bridgehead atoms. The van der Waals surface area contributed by atoms with Gasteiger partial charge in [0.1, 0.15) is 17.3 Å². The molecule has 0 spiro atoms. The van der Waals surface area contributed by atoms with Gasteiger partial charge in [-0.25, -0.2) is 9.78 Å². The molecule has 0 radical (unpaired) electrons. The molecular weight excluding hydrogens is 312 g/mol. The molecule has 1 aromatic heterocycles. The Morgan fingerprint density at radius 3 is 2.38 bits per heavy atom. The molecule has 0 saturated carbocycles. The number of pyridine rings is 1. The van der Waals surface area contributed by atoms with Crippen LogP contribution in [-0.4, -0.2) is 35.2 Å². The fourth-order valence-electron chi connectivity index (χ4n) is 1.94. The van der Waals surface area contributed by atoms with Gasteiger partial charge in [-0.2, -0.15) is 0 Å². The maximum absolute atomic E-state index is 12.4. The van der Waals surface area contributed by atoms with Gasteiger partial charge < -0.3 is 19.9 Å². The minimum atomic E-state index is -1.08. The first-order valence-electron chi connectivity index (χ1n) is 7.25. The molecule has 1 aromatic carbocycles. The third kappa shape index (κ3) is 4.45. The van der Waals surface area contributed by atoms with Gasteiger partial charge >= 0.3 is 5.97 Å². The summed E-state index contributed by atoms with van der Waals surface area (Å²) in [5.41, 5.74) is 0.385. The quantitative estimate of drug-likeness (QED) is 0.845. The lowest BCUT2D eigenvalue weighted by Gasteiger charge is -2.13. The molecule has 0 saturated heterocycles. The van der Waals surface area contributed by atoms with E-state index in [2.05, 4.69) is 10.3 Å². The summed E-state index contributed by atoms with van der Waals surface area (Å²) < 4.78 is 10.8. The minimum absolute atomic E-state index is 0.0433. The van der Waals surface area contributed by atoms with E-state index < -0.39 is 11.9 Å². The molecule has 7 heteroatoms. The summed E-state index contributed by atoms with van der Waals surface area (Å²) in [5, 5.41) is 11.4. The number of nitrogens with zero attached hydrogens (tertiary/aromatic N) is 1. The Morgan fingerprint density at radius 1 is 1.12 bits per heavy atom. The summed E-state index contributed by atoms with van der Waals surface area (Å²) in [7, 11) is 1.50. The summed E-state index contributed by atoms with van der Waals surface area (Å²) >= 11 is 0. The van der Waals surface area contributed by atoms with Gasteiger partial charge in [0.25, 0.3) is 5.91 Å². The number of hydrogen-bond donors (Lipinski definition) is 2. The topological polar surface area (TPSA) is 97.8 Å². The van der Waals surface area contributed by atoms with Gasteiger partial charge in [0, 0.05) is 17.8 Å². The van der Waals surface area contributed by atoms with Crippen LogP contribution in [0.15, 0.2) is 36.5 Å². The molecule has 0 fully saturated rings. The van der Waals surface area contributed by atoms with Gasteiger partial charge in [0.05, 0.1) is 18.8 Å². The number of aromatic nitrogens is 1. The lowest BCUT2D eigenvalue weighted by molar-refractivity contribution is 0.0696. The normalized spacial score (nSPS) is 10.3. The summed E-state index contributed by atoms with van der Waals surface area (Å²) in [6.07, 6.45) is 1.13. The maximum Gasteiger partial charge on any atom is 0.337 e. The van der Waals surface area contributed by atoms with Crippen LogP contribution in [0.4, 0.5) is 5.82 Å². The smallest absolute Gasteiger partial charge is 0.337 e. The van der Waals surface area contributed by atoms with Crippen LogP contribution in [-0.2, 0) is 0 Å². The lowest BCUT2D eigenvalue weighted by Crippen LogP contribution is -2.14. The Kier molecular flexibility index (Phi) is 5.36. The average Bonchev–Trinajstić information content (AvgIpc) is 2.54. The first-order chi connectivity index (χ1) is 11.4. The van der Waals surface area contributed by atoms with Gasteiger partial charge in [-0.15, -0.1) is 0 Å². The maximum atomic E-state index is 12.4. The number of carbonyl (C=O) groups is 2. The van der Waals surface area contributed by atoms with Crippen LogP contribution in [0.5, 0.6) is 11.5 Å². The molecular formula is C17H18N2O5. The van der Waals surface area contributed by atoms with Crippen molar-refractivity contribution in [3.63, 3.8) is 0 Å². The number of benzene rings is 1. The number of carboxylic acids is 1. The Balaban J connectivity index is 2.20. The number of aromatic carboxylic acids is 1. The largest absolute Gasteiger partial charge is 0.497 e. The van der Waals surface area contributed by atoms with Crippen molar-refractivity contribution in [3.8, 4) is 11.5 Å². The molecule has 1 amide bonds. The number of carboxylic acid groups (broad SMARTS) is 1. The van der Waals surface area contributed by atoms with Crippen LogP contribution < -0.4 is 14.8 Å². The molecule has 126 valence electrons. The lowest BCUT2D eigenvalue weighted by atomic mass is 10.2. The third-order valence-corrected chi connectivity index (χ3v) is 3.00. The number of rotatable bonds is 6. The van der Waals surface area contributed by atoms with Crippen molar-refractivity contribution in [2.45, 2.75) is 20.0 Å². The predicted octanol–water partition coefficient (Wildman–Crippen LogP) is 2.83. The highest BCUT2D eigenvalue weighted by Gasteiger charge is 2.12. The fraction of sp³-hybridized carbons (Fsp3) is 0.235. The van der Waals surface area contributed by atoms with E-state index in [9.17, 15) is 9.59 Å². The SMILES string of the molecule is COc1cc(OC(C)C)cc(C(=O)Nc2ccc(C(=O)O)cn2)c1. The molecule has 0 aliphatic heterocycles. The highest BCUT2D eigenvalue weighted by Crippen LogP contribution is 2.24. The summed E-state index contributed by atoms with van der Waals surface area (Å²) in [5.74, 6) is -0.225. The number of methoxy groups -OCH3 is 1. The molecule has 2 rings (SSSR count). The van der Waals surface area contributed by atoms with Gasteiger partial charge in [0.15, 0.2) is 0 Å². The van der Waals surface area contributed by atoms with Crippen LogP contribution in [0, 0.1) is 0 Å². The van der Waals surface area contributed by atoms with E-state index in [4.69, 9.17) is 14.6 Å². The van der Waals surface area contributed by atoms with Crippen LogP contribution in [0.1, 0.15) is 34.6 Å². The van der Waals surface area contributed by atoms with Crippen LogP contribution in [0.3, 0.4) is 0 Å². The first kappa shape index (κ1) is 17.3. The number of nitrogens with one attached hydrogen (secondary N) is 1. The zero-order valence-corrected chi connectivity index (χ0v) is 13.6. The highest BCUT2D eigenvalue weighted by atomic mass is 16.5. The molecule has 0 aliphatic carbocycles. The fourth-order valence-corrected chi connectivity index (χ4v) is 1.94. The molecule has 7 nitrogen and oxygen atoms in total. The van der Waals surface area contributed by atoms with Crippen LogP contribution in [0.2, 0.25) is 0 Å². The van der Waals surface area contributed by atoms with Gasteiger partial charge in [-0.05, 0) is 38.1 Å². The first-order valence-corrected chi connectivity index (χ1v) is 7.25. The zero-order valence-electron chi connectivity index (χ0n) is 13.6. The number of amides is 1. The third-order valence-electron chi connectivity index (χ3n) is 3.00. The molecule has 0 atom stereocenters. The molecule has 24 heavy (non-hydrogen) atoms. The second-order valence-corrected chi connectivity index (χ2v) is 5.26.